The second kappa shape index (κ2) is 10.0. The summed E-state index contributed by atoms with van der Waals surface area (Å²) in [6.07, 6.45) is 0. The molecular weight excluding hydrogens is 445 g/mol. The van der Waals surface area contributed by atoms with Gasteiger partial charge in [0.1, 0.15) is 11.9 Å². The average Bonchev–Trinajstić information content (AvgIpc) is 2.77. The third kappa shape index (κ3) is 5.59. The number of hydrogen-bond donors (Lipinski definition) is 1. The van der Waals surface area contributed by atoms with E-state index in [0.29, 0.717) is 5.56 Å². The van der Waals surface area contributed by atoms with Crippen molar-refractivity contribution in [2.45, 2.75) is 38.6 Å². The number of benzene rings is 2. The summed E-state index contributed by atoms with van der Waals surface area (Å²) >= 11 is 0. The summed E-state index contributed by atoms with van der Waals surface area (Å²) in [7, 11) is -3.66. The van der Waals surface area contributed by atoms with Crippen LogP contribution in [-0.4, -0.2) is 61.7 Å². The molecule has 1 aliphatic rings. The van der Waals surface area contributed by atoms with E-state index in [0.717, 1.165) is 5.56 Å². The van der Waals surface area contributed by atoms with Gasteiger partial charge in [-0.25, -0.2) is 12.8 Å². The van der Waals surface area contributed by atoms with Gasteiger partial charge in [0.15, 0.2) is 0 Å². The van der Waals surface area contributed by atoms with Crippen molar-refractivity contribution in [3.05, 3.63) is 65.0 Å². The number of piperazine rings is 1. The highest BCUT2D eigenvalue weighted by Gasteiger charge is 2.34. The molecule has 2 aromatic carbocycles. The second-order valence-electron chi connectivity index (χ2n) is 8.70. The number of hydrogen-bond acceptors (Lipinski definition) is 4. The molecule has 0 spiro atoms. The van der Waals surface area contributed by atoms with Gasteiger partial charge in [-0.1, -0.05) is 31.5 Å². The first kappa shape index (κ1) is 24.9. The molecule has 0 radical (unpaired) electrons. The van der Waals surface area contributed by atoms with E-state index >= 15 is 0 Å². The summed E-state index contributed by atoms with van der Waals surface area (Å²) in [4.78, 5) is 27.6. The molecule has 7 nitrogen and oxygen atoms in total. The Balaban J connectivity index is 1.67. The quantitative estimate of drug-likeness (QED) is 0.696. The maximum atomic E-state index is 13.2. The van der Waals surface area contributed by atoms with Crippen molar-refractivity contribution in [2.75, 3.05) is 26.2 Å². The summed E-state index contributed by atoms with van der Waals surface area (Å²) in [5, 5.41) is 2.74. The molecule has 1 aliphatic heterocycles. The lowest BCUT2D eigenvalue weighted by molar-refractivity contribution is -0.135. The van der Waals surface area contributed by atoms with Crippen molar-refractivity contribution in [2.24, 2.45) is 5.92 Å². The van der Waals surface area contributed by atoms with Gasteiger partial charge in [-0.3, -0.25) is 9.59 Å². The molecule has 0 bridgehead atoms. The molecule has 3 rings (SSSR count). The molecule has 9 heteroatoms. The minimum Gasteiger partial charge on any atom is -0.340 e. The molecule has 33 heavy (non-hydrogen) atoms. The Labute approximate surface area is 194 Å². The Kier molecular flexibility index (Phi) is 7.54. The van der Waals surface area contributed by atoms with Crippen molar-refractivity contribution in [1.82, 2.24) is 14.5 Å². The van der Waals surface area contributed by atoms with Crippen LogP contribution in [0.4, 0.5) is 4.39 Å². The lowest BCUT2D eigenvalue weighted by Crippen LogP contribution is -2.57. The summed E-state index contributed by atoms with van der Waals surface area (Å²) < 4.78 is 40.7. The Morgan fingerprint density at radius 2 is 1.58 bits per heavy atom. The van der Waals surface area contributed by atoms with Crippen molar-refractivity contribution < 1.29 is 22.4 Å². The zero-order valence-corrected chi connectivity index (χ0v) is 20.2. The minimum absolute atomic E-state index is 0.179. The van der Waals surface area contributed by atoms with E-state index in [1.54, 1.807) is 24.0 Å². The molecule has 1 fully saturated rings. The predicted octanol–water partition coefficient (Wildman–Crippen LogP) is 2.73. The molecule has 2 aromatic rings. The fourth-order valence-electron chi connectivity index (χ4n) is 3.91. The number of carbonyl (C=O) groups is 2. The third-order valence-electron chi connectivity index (χ3n) is 5.82. The fraction of sp³-hybridized carbons (Fsp3) is 0.417. The van der Waals surface area contributed by atoms with Crippen LogP contribution >= 0.6 is 0 Å². The smallest absolute Gasteiger partial charge is 0.251 e. The van der Waals surface area contributed by atoms with Gasteiger partial charge >= 0.3 is 0 Å². The van der Waals surface area contributed by atoms with E-state index in [2.05, 4.69) is 5.32 Å². The van der Waals surface area contributed by atoms with Crippen LogP contribution in [0.25, 0.3) is 0 Å². The van der Waals surface area contributed by atoms with Crippen LogP contribution < -0.4 is 5.32 Å². The van der Waals surface area contributed by atoms with E-state index in [1.807, 2.05) is 26.8 Å². The van der Waals surface area contributed by atoms with E-state index < -0.39 is 27.8 Å². The molecule has 1 atom stereocenters. The van der Waals surface area contributed by atoms with Gasteiger partial charge in [-0.05, 0) is 55.7 Å². The minimum atomic E-state index is -3.66. The van der Waals surface area contributed by atoms with Gasteiger partial charge in [0.2, 0.25) is 15.9 Å². The first-order valence-corrected chi connectivity index (χ1v) is 12.4. The van der Waals surface area contributed by atoms with Crippen molar-refractivity contribution in [1.29, 1.82) is 0 Å². The maximum absolute atomic E-state index is 13.2. The number of amides is 2. The number of rotatable bonds is 6. The molecule has 1 heterocycles. The highest BCUT2D eigenvalue weighted by atomic mass is 32.2. The summed E-state index contributed by atoms with van der Waals surface area (Å²) in [6.45, 7) is 8.17. The Hall–Kier alpha value is -2.78. The Morgan fingerprint density at radius 3 is 2.12 bits per heavy atom. The van der Waals surface area contributed by atoms with Crippen LogP contribution in [0.3, 0.4) is 0 Å². The average molecular weight is 476 g/mol. The molecule has 0 unspecified atom stereocenters. The molecule has 1 saturated heterocycles. The van der Waals surface area contributed by atoms with Crippen molar-refractivity contribution >= 4 is 21.8 Å². The summed E-state index contributed by atoms with van der Waals surface area (Å²) in [6, 6.07) is 9.57. The van der Waals surface area contributed by atoms with Gasteiger partial charge in [0.05, 0.1) is 4.90 Å². The number of nitrogens with one attached hydrogen (secondary N) is 1. The van der Waals surface area contributed by atoms with Crippen LogP contribution in [0.1, 0.15) is 35.3 Å². The van der Waals surface area contributed by atoms with Gasteiger partial charge in [0.25, 0.3) is 5.91 Å². The lowest BCUT2D eigenvalue weighted by atomic mass is 10.0. The van der Waals surface area contributed by atoms with Crippen LogP contribution in [-0.2, 0) is 14.8 Å². The molecular formula is C24H30FN3O4S. The largest absolute Gasteiger partial charge is 0.340 e. The van der Waals surface area contributed by atoms with Crippen LogP contribution in [0, 0.1) is 25.6 Å². The first-order valence-electron chi connectivity index (χ1n) is 10.9. The predicted molar refractivity (Wildman–Crippen MR) is 124 cm³/mol. The van der Waals surface area contributed by atoms with E-state index in [4.69, 9.17) is 0 Å². The standard InChI is InChI=1S/C24H30FN3O4S/c1-16(2)22(26-23(29)19-6-8-20(25)9-7-19)24(30)27-11-13-28(14-12-27)33(31,32)21-10-5-17(3)15-18(21)4/h5-10,15-16,22H,11-14H2,1-4H3,(H,26,29)/t22-/m0/s1. The van der Waals surface area contributed by atoms with Gasteiger partial charge in [0, 0.05) is 31.7 Å². The highest BCUT2D eigenvalue weighted by molar-refractivity contribution is 7.89. The zero-order valence-electron chi connectivity index (χ0n) is 19.3. The van der Waals surface area contributed by atoms with Gasteiger partial charge in [-0.15, -0.1) is 0 Å². The number of halogens is 1. The molecule has 0 aromatic heterocycles. The fourth-order valence-corrected chi connectivity index (χ4v) is 5.54. The molecule has 2 amide bonds. The van der Waals surface area contributed by atoms with Crippen molar-refractivity contribution in [3.8, 4) is 0 Å². The van der Waals surface area contributed by atoms with Crippen LogP contribution in [0.2, 0.25) is 0 Å². The Bertz CT molecular complexity index is 1120. The number of carbonyl (C=O) groups excluding carboxylic acids is 2. The van der Waals surface area contributed by atoms with Crippen LogP contribution in [0.5, 0.6) is 0 Å². The first-order chi connectivity index (χ1) is 15.5. The molecule has 1 N–H and O–H groups in total. The zero-order chi connectivity index (χ0) is 24.3. The lowest BCUT2D eigenvalue weighted by Gasteiger charge is -2.36. The summed E-state index contributed by atoms with van der Waals surface area (Å²) in [5.74, 6) is -1.35. The molecule has 0 aliphatic carbocycles. The second-order valence-corrected chi connectivity index (χ2v) is 10.6. The van der Waals surface area contributed by atoms with E-state index in [1.165, 1.54) is 28.6 Å². The van der Waals surface area contributed by atoms with Crippen LogP contribution in [0.15, 0.2) is 47.4 Å². The number of aryl methyl sites for hydroxylation is 2. The molecule has 0 saturated carbocycles. The number of sulfonamides is 1. The van der Waals surface area contributed by atoms with Gasteiger partial charge < -0.3 is 10.2 Å². The topological polar surface area (TPSA) is 86.8 Å². The molecule has 178 valence electrons. The number of nitrogens with zero attached hydrogens (tertiary/aromatic N) is 2. The summed E-state index contributed by atoms with van der Waals surface area (Å²) in [5.41, 5.74) is 1.94. The van der Waals surface area contributed by atoms with Gasteiger partial charge in [-0.2, -0.15) is 4.31 Å². The van der Waals surface area contributed by atoms with E-state index in [9.17, 15) is 22.4 Å². The normalized spacial score (nSPS) is 16.0. The Morgan fingerprint density at radius 1 is 0.970 bits per heavy atom. The third-order valence-corrected chi connectivity index (χ3v) is 7.88. The highest BCUT2D eigenvalue weighted by Crippen LogP contribution is 2.22. The monoisotopic (exact) mass is 475 g/mol. The SMILES string of the molecule is Cc1ccc(S(=O)(=O)N2CCN(C(=O)[C@@H](NC(=O)c3ccc(F)cc3)C(C)C)CC2)c(C)c1. The maximum Gasteiger partial charge on any atom is 0.251 e. The van der Waals surface area contributed by atoms with E-state index in [-0.39, 0.29) is 48.5 Å². The van der Waals surface area contributed by atoms with Crippen molar-refractivity contribution in [3.63, 3.8) is 0 Å².